The highest BCUT2D eigenvalue weighted by Crippen LogP contribution is 2.23. The lowest BCUT2D eigenvalue weighted by Crippen LogP contribution is -2.68. The lowest BCUT2D eigenvalue weighted by molar-refractivity contribution is -0.136. The molecule has 0 saturated carbocycles. The number of nitrogens with zero attached hydrogens (tertiary/aromatic N) is 1. The maximum Gasteiger partial charge on any atom is 0.291 e. The van der Waals surface area contributed by atoms with E-state index in [9.17, 15) is 9.59 Å². The molecule has 0 aliphatic heterocycles. The number of para-hydroxylation sites is 1. The summed E-state index contributed by atoms with van der Waals surface area (Å²) in [5.74, 6) is 0.466. The van der Waals surface area contributed by atoms with E-state index in [1.165, 1.54) is 0 Å². The van der Waals surface area contributed by atoms with Gasteiger partial charge in [0.15, 0.2) is 5.69 Å². The van der Waals surface area contributed by atoms with Gasteiger partial charge in [0, 0.05) is 30.7 Å². The Morgan fingerprint density at radius 2 is 1.60 bits per heavy atom. The molecular formula is C24H34N3O2S+. The maximum atomic E-state index is 13.7. The monoisotopic (exact) mass is 428 g/mol. The van der Waals surface area contributed by atoms with Crippen molar-refractivity contribution in [1.82, 2.24) is 15.3 Å². The molecule has 0 aliphatic rings. The van der Waals surface area contributed by atoms with Gasteiger partial charge >= 0.3 is 0 Å². The van der Waals surface area contributed by atoms with Crippen molar-refractivity contribution in [2.75, 3.05) is 25.6 Å². The summed E-state index contributed by atoms with van der Waals surface area (Å²) in [5, 5.41) is 3.09. The number of thioether (sulfide) groups is 1. The van der Waals surface area contributed by atoms with E-state index < -0.39 is 5.54 Å². The number of quaternary nitrogens is 1. The smallest absolute Gasteiger partial charge is 0.291 e. The minimum atomic E-state index is -1.01. The molecule has 5 nitrogen and oxygen atoms in total. The molecule has 0 bridgehead atoms. The zero-order valence-corrected chi connectivity index (χ0v) is 19.3. The lowest BCUT2D eigenvalue weighted by Gasteiger charge is -2.38. The summed E-state index contributed by atoms with van der Waals surface area (Å²) in [7, 11) is 1.98. The largest absolute Gasteiger partial charge is 0.341 e. The molecule has 0 radical (unpaired) electrons. The van der Waals surface area contributed by atoms with Crippen molar-refractivity contribution in [3.05, 3.63) is 66.2 Å². The van der Waals surface area contributed by atoms with E-state index in [0.717, 1.165) is 17.0 Å². The topological polar surface area (TPSA) is 58.2 Å². The van der Waals surface area contributed by atoms with E-state index in [1.807, 2.05) is 87.8 Å². The molecule has 6 heteroatoms. The first-order valence-corrected chi connectivity index (χ1v) is 11.9. The predicted octanol–water partition coefficient (Wildman–Crippen LogP) is 3.94. The van der Waals surface area contributed by atoms with E-state index >= 15 is 0 Å². The molecule has 0 saturated heterocycles. The second kappa shape index (κ2) is 11.2. The Hall–Kier alpha value is -2.31. The van der Waals surface area contributed by atoms with Crippen LogP contribution in [0.25, 0.3) is 0 Å². The molecule has 0 aromatic heterocycles. The normalized spacial score (nSPS) is 14.9. The molecule has 162 valence electrons. The zero-order chi connectivity index (χ0) is 22.0. The highest BCUT2D eigenvalue weighted by Gasteiger charge is 2.42. The Bertz CT molecular complexity index is 816. The molecule has 0 aliphatic carbocycles. The van der Waals surface area contributed by atoms with E-state index in [0.29, 0.717) is 25.8 Å². The van der Waals surface area contributed by atoms with Crippen LogP contribution in [0.3, 0.4) is 0 Å². The summed E-state index contributed by atoms with van der Waals surface area (Å²) in [5.41, 5.74) is 4.21. The fourth-order valence-electron chi connectivity index (χ4n) is 3.44. The van der Waals surface area contributed by atoms with Gasteiger partial charge in [0.2, 0.25) is 5.91 Å². The van der Waals surface area contributed by atoms with Crippen molar-refractivity contribution in [2.45, 2.75) is 38.6 Å². The Morgan fingerprint density at radius 1 is 1.00 bits per heavy atom. The van der Waals surface area contributed by atoms with Crippen molar-refractivity contribution in [3.8, 4) is 0 Å². The fraction of sp³-hybridized carbons (Fsp3) is 0.417. The summed E-state index contributed by atoms with van der Waals surface area (Å²) in [4.78, 5) is 26.4. The molecule has 2 amide bonds. The van der Waals surface area contributed by atoms with Gasteiger partial charge in [-0.25, -0.2) is 0 Å². The molecule has 2 atom stereocenters. The van der Waals surface area contributed by atoms with Gasteiger partial charge in [-0.3, -0.25) is 9.59 Å². The summed E-state index contributed by atoms with van der Waals surface area (Å²) in [6.45, 7) is 4.67. The van der Waals surface area contributed by atoms with Gasteiger partial charge in [0.1, 0.15) is 12.1 Å². The number of nitrogens with one attached hydrogen (secondary N) is 2. The molecular weight excluding hydrogens is 394 g/mol. The highest BCUT2D eigenvalue weighted by atomic mass is 32.2. The quantitative estimate of drug-likeness (QED) is 0.421. The van der Waals surface area contributed by atoms with Gasteiger partial charge in [0.25, 0.3) is 5.91 Å². The third kappa shape index (κ3) is 6.09. The van der Waals surface area contributed by atoms with E-state index in [4.69, 9.17) is 0 Å². The van der Waals surface area contributed by atoms with Crippen LogP contribution in [0.4, 0.5) is 5.69 Å². The summed E-state index contributed by atoms with van der Waals surface area (Å²) in [6, 6.07) is 19.8. The number of carbonyl (C=O) groups is 2. The number of amides is 2. The first-order valence-electron chi connectivity index (χ1n) is 10.5. The number of hydrogen-bond donors (Lipinski definition) is 2. The summed E-state index contributed by atoms with van der Waals surface area (Å²) < 4.78 is 0.261. The van der Waals surface area contributed by atoms with Crippen LogP contribution in [-0.2, 0) is 16.0 Å². The van der Waals surface area contributed by atoms with Crippen molar-refractivity contribution >= 4 is 29.3 Å². The van der Waals surface area contributed by atoms with Crippen LogP contribution >= 0.6 is 11.8 Å². The summed E-state index contributed by atoms with van der Waals surface area (Å²) >= 11 is 1.62. The van der Waals surface area contributed by atoms with Crippen LogP contribution in [-0.4, -0.2) is 43.0 Å². The van der Waals surface area contributed by atoms with E-state index in [1.54, 1.807) is 11.8 Å². The third-order valence-electron chi connectivity index (χ3n) is 5.61. The minimum absolute atomic E-state index is 0.0947. The molecule has 2 aromatic rings. The lowest BCUT2D eigenvalue weighted by atomic mass is 9.87. The van der Waals surface area contributed by atoms with Crippen LogP contribution in [0.2, 0.25) is 0 Å². The van der Waals surface area contributed by atoms with Crippen LogP contribution in [0, 0.1) is 0 Å². The number of carbonyl (C=O) groups excluding carboxylic acids is 2. The molecule has 0 spiro atoms. The SMILES string of the molecule is CC[C@@](Cc1ccccc1)(NC(=O)CCSC)C(=O)N[N+](C)(CC)c1ccccc1. The highest BCUT2D eigenvalue weighted by molar-refractivity contribution is 7.98. The number of benzene rings is 2. The van der Waals surface area contributed by atoms with Crippen LogP contribution in [0.5, 0.6) is 0 Å². The second-order valence-electron chi connectivity index (χ2n) is 7.67. The van der Waals surface area contributed by atoms with E-state index in [2.05, 4.69) is 10.7 Å². The molecule has 30 heavy (non-hydrogen) atoms. The van der Waals surface area contributed by atoms with Gasteiger partial charge in [-0.15, -0.1) is 0 Å². The predicted molar refractivity (Wildman–Crippen MR) is 127 cm³/mol. The molecule has 0 heterocycles. The average molecular weight is 429 g/mol. The molecule has 2 aromatic carbocycles. The van der Waals surface area contributed by atoms with Crippen molar-refractivity contribution < 1.29 is 9.59 Å². The van der Waals surface area contributed by atoms with Crippen molar-refractivity contribution in [2.24, 2.45) is 0 Å². The Balaban J connectivity index is 2.35. The Morgan fingerprint density at radius 3 is 2.13 bits per heavy atom. The van der Waals surface area contributed by atoms with Gasteiger partial charge in [-0.05, 0) is 25.2 Å². The van der Waals surface area contributed by atoms with Gasteiger partial charge in [-0.2, -0.15) is 21.8 Å². The molecule has 1 unspecified atom stereocenters. The molecule has 0 fully saturated rings. The second-order valence-corrected chi connectivity index (χ2v) is 8.66. The molecule has 2 rings (SSSR count). The first-order chi connectivity index (χ1) is 14.4. The maximum absolute atomic E-state index is 13.7. The van der Waals surface area contributed by atoms with Crippen molar-refractivity contribution in [1.29, 1.82) is 0 Å². The Kier molecular flexibility index (Phi) is 8.93. The number of rotatable bonds is 11. The van der Waals surface area contributed by atoms with Gasteiger partial charge < -0.3 is 5.32 Å². The molecule has 2 N–H and O–H groups in total. The van der Waals surface area contributed by atoms with Gasteiger partial charge in [0.05, 0.1) is 7.05 Å². The van der Waals surface area contributed by atoms with Crippen LogP contribution in [0.1, 0.15) is 32.3 Å². The first kappa shape index (κ1) is 24.0. The average Bonchev–Trinajstić information content (AvgIpc) is 2.78. The van der Waals surface area contributed by atoms with Crippen molar-refractivity contribution in [3.63, 3.8) is 0 Å². The number of hydrogen-bond acceptors (Lipinski definition) is 3. The van der Waals surface area contributed by atoms with Gasteiger partial charge in [-0.1, -0.05) is 55.5 Å². The fourth-order valence-corrected chi connectivity index (χ4v) is 3.83. The minimum Gasteiger partial charge on any atom is -0.341 e. The Labute approximate surface area is 184 Å². The third-order valence-corrected chi connectivity index (χ3v) is 6.22. The standard InChI is InChI=1S/C24H33N3O2S/c1-5-24(25-22(28)17-18-30-4,19-20-13-9-7-10-14-20)23(29)26-27(3,6-2)21-15-11-8-12-16-21/h7-16H,5-6,17-19H2,1-4H3,(H-,25,26,28,29)/p+1/t24-,27?/m0/s1. The van der Waals surface area contributed by atoms with Crippen LogP contribution < -0.4 is 15.3 Å². The zero-order valence-electron chi connectivity index (χ0n) is 18.5. The van der Waals surface area contributed by atoms with E-state index in [-0.39, 0.29) is 16.4 Å². The summed E-state index contributed by atoms with van der Waals surface area (Å²) in [6.07, 6.45) is 3.31. The van der Waals surface area contributed by atoms with Crippen LogP contribution in [0.15, 0.2) is 60.7 Å².